The van der Waals surface area contributed by atoms with Crippen molar-refractivity contribution in [2.75, 3.05) is 5.32 Å². The SMILES string of the molecule is O=C(CCc1csc(NC(=O)c2ccc(Cl)cc2)n1)NCc1ccco1. The molecule has 3 rings (SSSR count). The van der Waals surface area contributed by atoms with Gasteiger partial charge in [-0.1, -0.05) is 11.6 Å². The summed E-state index contributed by atoms with van der Waals surface area (Å²) in [5, 5.41) is 8.42. The van der Waals surface area contributed by atoms with Crippen molar-refractivity contribution >= 4 is 39.9 Å². The maximum atomic E-state index is 12.1. The van der Waals surface area contributed by atoms with Crippen molar-refractivity contribution < 1.29 is 14.0 Å². The van der Waals surface area contributed by atoms with Crippen LogP contribution in [0.25, 0.3) is 0 Å². The number of aromatic nitrogens is 1. The zero-order chi connectivity index (χ0) is 18.4. The first kappa shape index (κ1) is 18.2. The lowest BCUT2D eigenvalue weighted by atomic mass is 10.2. The third-order valence-corrected chi connectivity index (χ3v) is 4.59. The molecule has 0 atom stereocenters. The molecule has 0 saturated carbocycles. The minimum atomic E-state index is -0.251. The Labute approximate surface area is 159 Å². The van der Waals surface area contributed by atoms with Crippen LogP contribution in [0.3, 0.4) is 0 Å². The van der Waals surface area contributed by atoms with Crippen LogP contribution in [0.4, 0.5) is 5.13 Å². The molecule has 2 heterocycles. The Hall–Kier alpha value is -2.64. The summed E-state index contributed by atoms with van der Waals surface area (Å²) in [5.74, 6) is 0.374. The molecule has 2 amide bonds. The quantitative estimate of drug-likeness (QED) is 0.642. The van der Waals surface area contributed by atoms with Crippen molar-refractivity contribution in [3.05, 3.63) is 70.1 Å². The highest BCUT2D eigenvalue weighted by Gasteiger charge is 2.10. The van der Waals surface area contributed by atoms with Crippen LogP contribution in [0.5, 0.6) is 0 Å². The van der Waals surface area contributed by atoms with Gasteiger partial charge in [-0.25, -0.2) is 4.98 Å². The van der Waals surface area contributed by atoms with Gasteiger partial charge in [0.1, 0.15) is 5.76 Å². The number of nitrogens with one attached hydrogen (secondary N) is 2. The fraction of sp³-hybridized carbons (Fsp3) is 0.167. The topological polar surface area (TPSA) is 84.2 Å². The minimum Gasteiger partial charge on any atom is -0.467 e. The number of amides is 2. The summed E-state index contributed by atoms with van der Waals surface area (Å²) in [6, 6.07) is 10.2. The molecule has 2 N–H and O–H groups in total. The van der Waals surface area contributed by atoms with Crippen LogP contribution in [0, 0.1) is 0 Å². The minimum absolute atomic E-state index is 0.0823. The van der Waals surface area contributed by atoms with Crippen LogP contribution < -0.4 is 10.6 Å². The van der Waals surface area contributed by atoms with E-state index in [1.165, 1.54) is 11.3 Å². The van der Waals surface area contributed by atoms with Gasteiger partial charge < -0.3 is 9.73 Å². The Kier molecular flexibility index (Phi) is 6.04. The molecule has 3 aromatic rings. The van der Waals surface area contributed by atoms with Crippen molar-refractivity contribution in [3.63, 3.8) is 0 Å². The number of furan rings is 1. The summed E-state index contributed by atoms with van der Waals surface area (Å²) >= 11 is 7.13. The Morgan fingerprint density at radius 2 is 2.00 bits per heavy atom. The summed E-state index contributed by atoms with van der Waals surface area (Å²) in [4.78, 5) is 28.3. The van der Waals surface area contributed by atoms with E-state index in [2.05, 4.69) is 15.6 Å². The molecule has 8 heteroatoms. The van der Waals surface area contributed by atoms with Crippen LogP contribution in [0.2, 0.25) is 5.02 Å². The molecule has 0 aliphatic carbocycles. The first-order valence-corrected chi connectivity index (χ1v) is 9.16. The fourth-order valence-corrected chi connectivity index (χ4v) is 3.04. The Balaban J connectivity index is 1.46. The van der Waals surface area contributed by atoms with Crippen LogP contribution in [0.1, 0.15) is 28.2 Å². The highest BCUT2D eigenvalue weighted by molar-refractivity contribution is 7.14. The van der Waals surface area contributed by atoms with E-state index in [0.717, 1.165) is 5.69 Å². The number of aryl methyl sites for hydroxylation is 1. The normalized spacial score (nSPS) is 10.5. The Bertz CT molecular complexity index is 875. The molecule has 0 aliphatic rings. The highest BCUT2D eigenvalue weighted by atomic mass is 35.5. The van der Waals surface area contributed by atoms with Gasteiger partial charge in [0.25, 0.3) is 5.91 Å². The van der Waals surface area contributed by atoms with E-state index in [4.69, 9.17) is 16.0 Å². The molecule has 0 aliphatic heterocycles. The number of rotatable bonds is 7. The molecule has 0 radical (unpaired) electrons. The zero-order valence-electron chi connectivity index (χ0n) is 13.7. The number of hydrogen-bond donors (Lipinski definition) is 2. The predicted molar refractivity (Wildman–Crippen MR) is 100 cm³/mol. The van der Waals surface area contributed by atoms with Crippen LogP contribution >= 0.6 is 22.9 Å². The number of nitrogens with zero attached hydrogens (tertiary/aromatic N) is 1. The first-order chi connectivity index (χ1) is 12.6. The van der Waals surface area contributed by atoms with E-state index in [1.54, 1.807) is 42.7 Å². The molecule has 134 valence electrons. The Morgan fingerprint density at radius 1 is 1.19 bits per heavy atom. The smallest absolute Gasteiger partial charge is 0.257 e. The first-order valence-electron chi connectivity index (χ1n) is 7.90. The lowest BCUT2D eigenvalue weighted by Crippen LogP contribution is -2.22. The second kappa shape index (κ2) is 8.64. The van der Waals surface area contributed by atoms with Crippen molar-refractivity contribution in [1.82, 2.24) is 10.3 Å². The Morgan fingerprint density at radius 3 is 2.73 bits per heavy atom. The fourth-order valence-electron chi connectivity index (χ4n) is 2.18. The summed E-state index contributed by atoms with van der Waals surface area (Å²) in [6.45, 7) is 0.366. The van der Waals surface area contributed by atoms with Gasteiger partial charge in [0, 0.05) is 22.4 Å². The van der Waals surface area contributed by atoms with Gasteiger partial charge in [-0.3, -0.25) is 14.9 Å². The van der Waals surface area contributed by atoms with Gasteiger partial charge in [0.15, 0.2) is 5.13 Å². The number of anilines is 1. The van der Waals surface area contributed by atoms with E-state index in [-0.39, 0.29) is 11.8 Å². The zero-order valence-corrected chi connectivity index (χ0v) is 15.3. The molecule has 0 fully saturated rings. The number of thiazole rings is 1. The highest BCUT2D eigenvalue weighted by Crippen LogP contribution is 2.18. The standard InChI is InChI=1S/C18H16ClN3O3S/c19-13-5-3-12(4-6-13)17(24)22-18-21-14(11-26-18)7-8-16(23)20-10-15-2-1-9-25-15/h1-6,9,11H,7-8,10H2,(H,20,23)(H,21,22,24). The number of hydrogen-bond acceptors (Lipinski definition) is 5. The van der Waals surface area contributed by atoms with E-state index in [1.807, 2.05) is 5.38 Å². The molecule has 0 bridgehead atoms. The molecule has 26 heavy (non-hydrogen) atoms. The number of carbonyl (C=O) groups is 2. The van der Waals surface area contributed by atoms with Crippen molar-refractivity contribution in [3.8, 4) is 0 Å². The number of halogens is 1. The summed E-state index contributed by atoms with van der Waals surface area (Å²) in [5.41, 5.74) is 1.26. The van der Waals surface area contributed by atoms with Gasteiger partial charge in [0.05, 0.1) is 18.5 Å². The van der Waals surface area contributed by atoms with Gasteiger partial charge in [-0.15, -0.1) is 11.3 Å². The monoisotopic (exact) mass is 389 g/mol. The van der Waals surface area contributed by atoms with Gasteiger partial charge >= 0.3 is 0 Å². The van der Waals surface area contributed by atoms with Crippen molar-refractivity contribution in [2.45, 2.75) is 19.4 Å². The molecular formula is C18H16ClN3O3S. The van der Waals surface area contributed by atoms with Crippen molar-refractivity contribution in [2.24, 2.45) is 0 Å². The molecule has 0 spiro atoms. The summed E-state index contributed by atoms with van der Waals surface area (Å²) in [6.07, 6.45) is 2.38. The van der Waals surface area contributed by atoms with Crippen LogP contribution in [-0.2, 0) is 17.8 Å². The van der Waals surface area contributed by atoms with E-state index in [0.29, 0.717) is 40.9 Å². The maximum Gasteiger partial charge on any atom is 0.257 e. The van der Waals surface area contributed by atoms with E-state index in [9.17, 15) is 9.59 Å². The van der Waals surface area contributed by atoms with E-state index >= 15 is 0 Å². The average Bonchev–Trinajstić information content (AvgIpc) is 3.30. The van der Waals surface area contributed by atoms with E-state index < -0.39 is 0 Å². The van der Waals surface area contributed by atoms with Gasteiger partial charge in [0.2, 0.25) is 5.91 Å². The largest absolute Gasteiger partial charge is 0.467 e. The average molecular weight is 390 g/mol. The second-order valence-electron chi connectivity index (χ2n) is 5.46. The van der Waals surface area contributed by atoms with Crippen molar-refractivity contribution in [1.29, 1.82) is 0 Å². The lowest BCUT2D eigenvalue weighted by molar-refractivity contribution is -0.121. The molecule has 2 aromatic heterocycles. The molecule has 0 unspecified atom stereocenters. The third kappa shape index (κ3) is 5.18. The van der Waals surface area contributed by atoms with Crippen LogP contribution in [-0.4, -0.2) is 16.8 Å². The lowest BCUT2D eigenvalue weighted by Gasteiger charge is -2.02. The number of carbonyl (C=O) groups excluding carboxylic acids is 2. The van der Waals surface area contributed by atoms with Gasteiger partial charge in [-0.05, 0) is 42.8 Å². The van der Waals surface area contributed by atoms with Crippen LogP contribution in [0.15, 0.2) is 52.5 Å². The van der Waals surface area contributed by atoms with Gasteiger partial charge in [-0.2, -0.15) is 0 Å². The third-order valence-electron chi connectivity index (χ3n) is 3.53. The molecule has 1 aromatic carbocycles. The maximum absolute atomic E-state index is 12.1. The second-order valence-corrected chi connectivity index (χ2v) is 6.76. The molecule has 6 nitrogen and oxygen atoms in total. The number of benzene rings is 1. The summed E-state index contributed by atoms with van der Waals surface area (Å²) in [7, 11) is 0. The predicted octanol–water partition coefficient (Wildman–Crippen LogP) is 3.89. The molecule has 0 saturated heterocycles. The molecular weight excluding hydrogens is 374 g/mol. The summed E-state index contributed by atoms with van der Waals surface area (Å²) < 4.78 is 5.16.